The third-order valence-corrected chi connectivity index (χ3v) is 2.39. The van der Waals surface area contributed by atoms with Crippen LogP contribution >= 0.6 is 0 Å². The largest absolute Gasteiger partial charge is 0.496 e. The molecule has 0 atom stereocenters. The molecule has 0 amide bonds. The molecule has 16 heavy (non-hydrogen) atoms. The standard InChI is InChI=1S/C13H19NO2/c1-4-5-10-8-13(16-3)11(6-7-14)9-12(10)15-2/h4-5,8-9H,6-7,14H2,1-3H3. The summed E-state index contributed by atoms with van der Waals surface area (Å²) in [7, 11) is 3.34. The third kappa shape index (κ3) is 2.76. The van der Waals surface area contributed by atoms with E-state index in [0.717, 1.165) is 29.0 Å². The number of rotatable bonds is 5. The molecule has 0 radical (unpaired) electrons. The number of hydrogen-bond acceptors (Lipinski definition) is 3. The van der Waals surface area contributed by atoms with Crippen LogP contribution in [0.25, 0.3) is 6.08 Å². The van der Waals surface area contributed by atoms with Gasteiger partial charge < -0.3 is 15.2 Å². The number of ether oxygens (including phenoxy) is 2. The summed E-state index contributed by atoms with van der Waals surface area (Å²) in [5.74, 6) is 1.71. The van der Waals surface area contributed by atoms with Crippen LogP contribution in [0, 0.1) is 0 Å². The molecule has 1 aromatic rings. The predicted molar refractivity (Wildman–Crippen MR) is 67.0 cm³/mol. The minimum atomic E-state index is 0.600. The smallest absolute Gasteiger partial charge is 0.126 e. The summed E-state index contributed by atoms with van der Waals surface area (Å²) in [5.41, 5.74) is 7.66. The van der Waals surface area contributed by atoms with Gasteiger partial charge in [0, 0.05) is 5.56 Å². The summed E-state index contributed by atoms with van der Waals surface area (Å²) in [5, 5.41) is 0. The molecule has 3 nitrogen and oxygen atoms in total. The molecule has 0 heterocycles. The second-order valence-electron chi connectivity index (χ2n) is 3.44. The number of allylic oxidation sites excluding steroid dienone is 1. The molecule has 0 spiro atoms. The van der Waals surface area contributed by atoms with Crippen LogP contribution in [0.2, 0.25) is 0 Å². The van der Waals surface area contributed by atoms with E-state index in [0.29, 0.717) is 6.54 Å². The highest BCUT2D eigenvalue weighted by Gasteiger charge is 2.08. The summed E-state index contributed by atoms with van der Waals surface area (Å²) in [6, 6.07) is 3.96. The lowest BCUT2D eigenvalue weighted by atomic mass is 10.1. The highest BCUT2D eigenvalue weighted by molar-refractivity contribution is 5.61. The molecule has 88 valence electrons. The van der Waals surface area contributed by atoms with Gasteiger partial charge in [-0.15, -0.1) is 0 Å². The molecule has 0 saturated carbocycles. The second kappa shape index (κ2) is 6.18. The molecule has 1 aromatic carbocycles. The Hall–Kier alpha value is -1.48. The van der Waals surface area contributed by atoms with Crippen molar-refractivity contribution in [3.05, 3.63) is 29.3 Å². The molecule has 0 unspecified atom stereocenters. The number of hydrogen-bond donors (Lipinski definition) is 1. The van der Waals surface area contributed by atoms with Crippen LogP contribution in [-0.2, 0) is 6.42 Å². The van der Waals surface area contributed by atoms with Crippen LogP contribution in [0.15, 0.2) is 18.2 Å². The summed E-state index contributed by atoms with van der Waals surface area (Å²) in [4.78, 5) is 0. The van der Waals surface area contributed by atoms with E-state index in [9.17, 15) is 0 Å². The van der Waals surface area contributed by atoms with Crippen molar-refractivity contribution >= 4 is 6.08 Å². The van der Waals surface area contributed by atoms with Gasteiger partial charge in [-0.2, -0.15) is 0 Å². The van der Waals surface area contributed by atoms with E-state index < -0.39 is 0 Å². The molecule has 3 heteroatoms. The highest BCUT2D eigenvalue weighted by atomic mass is 16.5. The van der Waals surface area contributed by atoms with Gasteiger partial charge in [0.25, 0.3) is 0 Å². The van der Waals surface area contributed by atoms with Gasteiger partial charge in [0.2, 0.25) is 0 Å². The van der Waals surface area contributed by atoms with Crippen molar-refractivity contribution < 1.29 is 9.47 Å². The molecular weight excluding hydrogens is 202 g/mol. The zero-order valence-electron chi connectivity index (χ0n) is 10.1. The van der Waals surface area contributed by atoms with Crippen molar-refractivity contribution in [1.29, 1.82) is 0 Å². The lowest BCUT2D eigenvalue weighted by Gasteiger charge is -2.12. The first-order valence-corrected chi connectivity index (χ1v) is 5.34. The van der Waals surface area contributed by atoms with Gasteiger partial charge in [-0.25, -0.2) is 0 Å². The Bertz CT molecular complexity index is 372. The van der Waals surface area contributed by atoms with Crippen molar-refractivity contribution in [2.45, 2.75) is 13.3 Å². The summed E-state index contributed by atoms with van der Waals surface area (Å²) in [6.45, 7) is 2.57. The van der Waals surface area contributed by atoms with Crippen LogP contribution in [0.4, 0.5) is 0 Å². The fraction of sp³-hybridized carbons (Fsp3) is 0.385. The minimum Gasteiger partial charge on any atom is -0.496 e. The fourth-order valence-corrected chi connectivity index (χ4v) is 1.65. The monoisotopic (exact) mass is 221 g/mol. The van der Waals surface area contributed by atoms with Crippen molar-refractivity contribution in [3.63, 3.8) is 0 Å². The number of nitrogens with two attached hydrogens (primary N) is 1. The average Bonchev–Trinajstić information content (AvgIpc) is 2.31. The Balaban J connectivity index is 3.22. The number of methoxy groups -OCH3 is 2. The van der Waals surface area contributed by atoms with Gasteiger partial charge in [0.1, 0.15) is 11.5 Å². The molecule has 0 bridgehead atoms. The Morgan fingerprint density at radius 1 is 1.19 bits per heavy atom. The molecular formula is C13H19NO2. The van der Waals surface area contributed by atoms with Gasteiger partial charge in [-0.1, -0.05) is 12.2 Å². The zero-order valence-corrected chi connectivity index (χ0v) is 10.1. The Labute approximate surface area is 96.9 Å². The van der Waals surface area contributed by atoms with Crippen LogP contribution in [0.5, 0.6) is 11.5 Å². The molecule has 1 rings (SSSR count). The normalized spacial score (nSPS) is 10.8. The quantitative estimate of drug-likeness (QED) is 0.829. The van der Waals surface area contributed by atoms with Crippen molar-refractivity contribution in [3.8, 4) is 11.5 Å². The Morgan fingerprint density at radius 2 is 1.88 bits per heavy atom. The lowest BCUT2D eigenvalue weighted by Crippen LogP contribution is -2.05. The predicted octanol–water partition coefficient (Wildman–Crippen LogP) is 2.24. The first-order chi connectivity index (χ1) is 7.76. The molecule has 0 saturated heterocycles. The van der Waals surface area contributed by atoms with Crippen molar-refractivity contribution in [2.24, 2.45) is 5.73 Å². The van der Waals surface area contributed by atoms with E-state index >= 15 is 0 Å². The zero-order chi connectivity index (χ0) is 12.0. The van der Waals surface area contributed by atoms with Gasteiger partial charge in [-0.05, 0) is 37.6 Å². The maximum Gasteiger partial charge on any atom is 0.126 e. The first kappa shape index (κ1) is 12.6. The van der Waals surface area contributed by atoms with E-state index in [-0.39, 0.29) is 0 Å². The SMILES string of the molecule is CC=Cc1cc(OC)c(CCN)cc1OC. The minimum absolute atomic E-state index is 0.600. The molecule has 0 aliphatic heterocycles. The molecule has 2 N–H and O–H groups in total. The molecule has 0 aliphatic carbocycles. The maximum atomic E-state index is 5.56. The van der Waals surface area contributed by atoms with E-state index in [1.165, 1.54) is 0 Å². The molecule has 0 aliphatic rings. The van der Waals surface area contributed by atoms with Crippen LogP contribution in [0.3, 0.4) is 0 Å². The van der Waals surface area contributed by atoms with E-state index in [4.69, 9.17) is 15.2 Å². The fourth-order valence-electron chi connectivity index (χ4n) is 1.65. The van der Waals surface area contributed by atoms with E-state index in [1.807, 2.05) is 31.2 Å². The summed E-state index contributed by atoms with van der Waals surface area (Å²) in [6.07, 6.45) is 4.75. The summed E-state index contributed by atoms with van der Waals surface area (Å²) >= 11 is 0. The number of benzene rings is 1. The molecule has 0 aromatic heterocycles. The topological polar surface area (TPSA) is 44.5 Å². The lowest BCUT2D eigenvalue weighted by molar-refractivity contribution is 0.398. The first-order valence-electron chi connectivity index (χ1n) is 5.34. The molecule has 0 fully saturated rings. The third-order valence-electron chi connectivity index (χ3n) is 2.39. The highest BCUT2D eigenvalue weighted by Crippen LogP contribution is 2.29. The Morgan fingerprint density at radius 3 is 2.38 bits per heavy atom. The second-order valence-corrected chi connectivity index (χ2v) is 3.44. The van der Waals surface area contributed by atoms with Gasteiger partial charge >= 0.3 is 0 Å². The maximum absolute atomic E-state index is 5.56. The van der Waals surface area contributed by atoms with Gasteiger partial charge in [0.15, 0.2) is 0 Å². The Kier molecular flexibility index (Phi) is 4.86. The van der Waals surface area contributed by atoms with Gasteiger partial charge in [-0.3, -0.25) is 0 Å². The van der Waals surface area contributed by atoms with Crippen molar-refractivity contribution in [1.82, 2.24) is 0 Å². The van der Waals surface area contributed by atoms with Crippen molar-refractivity contribution in [2.75, 3.05) is 20.8 Å². The average molecular weight is 221 g/mol. The van der Waals surface area contributed by atoms with Crippen LogP contribution in [0.1, 0.15) is 18.1 Å². The van der Waals surface area contributed by atoms with Crippen LogP contribution < -0.4 is 15.2 Å². The van der Waals surface area contributed by atoms with Crippen LogP contribution in [-0.4, -0.2) is 20.8 Å². The summed E-state index contributed by atoms with van der Waals surface area (Å²) < 4.78 is 10.7. The van der Waals surface area contributed by atoms with E-state index in [1.54, 1.807) is 14.2 Å². The van der Waals surface area contributed by atoms with E-state index in [2.05, 4.69) is 0 Å². The van der Waals surface area contributed by atoms with Gasteiger partial charge in [0.05, 0.1) is 14.2 Å².